The van der Waals surface area contributed by atoms with Crippen molar-refractivity contribution in [1.82, 2.24) is 25.3 Å². The predicted octanol–water partition coefficient (Wildman–Crippen LogP) is 3.55. The maximum atomic E-state index is 12.4. The molecule has 0 radical (unpaired) electrons. The van der Waals surface area contributed by atoms with Gasteiger partial charge < -0.3 is 14.8 Å². The number of halogens is 3. The molecule has 0 fully saturated rings. The topological polar surface area (TPSA) is 99.1 Å². The lowest BCUT2D eigenvalue weighted by Crippen LogP contribution is -2.26. The van der Waals surface area contributed by atoms with Gasteiger partial charge in [-0.05, 0) is 19.1 Å². The maximum Gasteiger partial charge on any atom is 0.392 e. The molecule has 11 heteroatoms. The van der Waals surface area contributed by atoms with Gasteiger partial charge in [0.15, 0.2) is 0 Å². The maximum absolute atomic E-state index is 12.4. The Kier molecular flexibility index (Phi) is 7.75. The van der Waals surface area contributed by atoms with Crippen molar-refractivity contribution in [3.8, 4) is 23.0 Å². The molecule has 0 atom stereocenters. The fourth-order valence-corrected chi connectivity index (χ4v) is 2.89. The summed E-state index contributed by atoms with van der Waals surface area (Å²) >= 11 is 0. The van der Waals surface area contributed by atoms with Crippen LogP contribution in [0.1, 0.15) is 28.2 Å². The first-order chi connectivity index (χ1) is 15.7. The lowest BCUT2D eigenvalue weighted by Gasteiger charge is -2.11. The van der Waals surface area contributed by atoms with Crippen LogP contribution in [0.15, 0.2) is 42.9 Å². The molecule has 0 bridgehead atoms. The van der Waals surface area contributed by atoms with E-state index in [1.54, 1.807) is 12.4 Å². The Morgan fingerprint density at radius 1 is 1.06 bits per heavy atom. The number of nitrogens with one attached hydrogen (secondary N) is 1. The number of carbonyl (C=O) groups is 1. The molecule has 0 unspecified atom stereocenters. The van der Waals surface area contributed by atoms with Crippen molar-refractivity contribution < 1.29 is 27.4 Å². The number of ether oxygens (including phenoxy) is 2. The summed E-state index contributed by atoms with van der Waals surface area (Å²) in [6, 6.07) is 6.86. The highest BCUT2D eigenvalue weighted by molar-refractivity contribution is 5.93. The molecule has 0 aliphatic heterocycles. The van der Waals surface area contributed by atoms with Crippen molar-refractivity contribution in [3.63, 3.8) is 0 Å². The summed E-state index contributed by atoms with van der Waals surface area (Å²) < 4.78 is 46.5. The van der Waals surface area contributed by atoms with Gasteiger partial charge in [-0.25, -0.2) is 15.0 Å². The summed E-state index contributed by atoms with van der Waals surface area (Å²) in [6.45, 7) is 1.65. The molecule has 3 heterocycles. The molecular weight excluding hydrogens is 439 g/mol. The minimum Gasteiger partial charge on any atom is -0.477 e. The molecule has 0 aliphatic carbocycles. The molecule has 0 aliphatic rings. The van der Waals surface area contributed by atoms with E-state index in [-0.39, 0.29) is 23.4 Å². The summed E-state index contributed by atoms with van der Waals surface area (Å²) in [4.78, 5) is 29.1. The average molecular weight is 461 g/mol. The lowest BCUT2D eigenvalue weighted by atomic mass is 10.0. The first kappa shape index (κ1) is 23.9. The summed E-state index contributed by atoms with van der Waals surface area (Å²) in [6.07, 6.45) is -0.376. The lowest BCUT2D eigenvalue weighted by molar-refractivity contribution is -0.139. The van der Waals surface area contributed by atoms with E-state index < -0.39 is 19.2 Å². The molecular formula is C22H22F3N5O3. The molecule has 0 saturated heterocycles. The number of hydrogen-bond acceptors (Lipinski definition) is 7. The normalized spacial score (nSPS) is 11.2. The summed E-state index contributed by atoms with van der Waals surface area (Å²) in [5.41, 5.74) is 3.49. The monoisotopic (exact) mass is 461 g/mol. The van der Waals surface area contributed by atoms with Gasteiger partial charge >= 0.3 is 12.2 Å². The second-order valence-corrected chi connectivity index (χ2v) is 7.01. The number of pyridine rings is 2. The zero-order valence-electron chi connectivity index (χ0n) is 18.0. The highest BCUT2D eigenvalue weighted by atomic mass is 19.4. The summed E-state index contributed by atoms with van der Waals surface area (Å²) in [5, 5.41) is 2.79. The van der Waals surface area contributed by atoms with E-state index in [9.17, 15) is 18.0 Å². The first-order valence-electron chi connectivity index (χ1n) is 10.0. The van der Waals surface area contributed by atoms with E-state index in [0.29, 0.717) is 13.0 Å². The van der Waals surface area contributed by atoms with Crippen molar-refractivity contribution in [3.05, 3.63) is 59.8 Å². The number of alkyl halides is 3. The fourth-order valence-electron chi connectivity index (χ4n) is 2.89. The Bertz CT molecular complexity index is 1070. The zero-order chi connectivity index (χ0) is 23.8. The van der Waals surface area contributed by atoms with Gasteiger partial charge in [-0.15, -0.1) is 0 Å². The molecule has 174 valence electrons. The van der Waals surface area contributed by atoms with Gasteiger partial charge in [0.1, 0.15) is 0 Å². The molecule has 3 aromatic heterocycles. The van der Waals surface area contributed by atoms with Gasteiger partial charge in [0.2, 0.25) is 5.88 Å². The standard InChI is InChI=1S/C22H22F3N5O3/c1-14-3-5-17(16-12-28-21(32-2)29-13-16)18(30-14)7-9-26-20(31)15-4-6-19(27-11-15)33-10-8-22(23,24)25/h3-6,11-13H,7-10H2,1-2H3,(H,26,31). The minimum absolute atomic E-state index is 0.0195. The third-order valence-electron chi connectivity index (χ3n) is 4.52. The molecule has 0 aromatic carbocycles. The van der Waals surface area contributed by atoms with Gasteiger partial charge in [-0.3, -0.25) is 9.78 Å². The Morgan fingerprint density at radius 3 is 2.45 bits per heavy atom. The van der Waals surface area contributed by atoms with Gasteiger partial charge in [0.05, 0.1) is 31.4 Å². The highest BCUT2D eigenvalue weighted by Gasteiger charge is 2.26. The highest BCUT2D eigenvalue weighted by Crippen LogP contribution is 2.23. The van der Waals surface area contributed by atoms with Crippen LogP contribution in [-0.2, 0) is 6.42 Å². The van der Waals surface area contributed by atoms with Crippen LogP contribution >= 0.6 is 0 Å². The number of carbonyl (C=O) groups excluding carboxylic acids is 1. The van der Waals surface area contributed by atoms with Crippen LogP contribution in [0.2, 0.25) is 0 Å². The second-order valence-electron chi connectivity index (χ2n) is 7.01. The van der Waals surface area contributed by atoms with Gasteiger partial charge in [-0.1, -0.05) is 6.07 Å². The van der Waals surface area contributed by atoms with E-state index in [0.717, 1.165) is 22.5 Å². The van der Waals surface area contributed by atoms with Crippen molar-refractivity contribution in [2.75, 3.05) is 20.3 Å². The zero-order valence-corrected chi connectivity index (χ0v) is 18.0. The molecule has 0 saturated carbocycles. The number of hydrogen-bond donors (Lipinski definition) is 1. The smallest absolute Gasteiger partial charge is 0.392 e. The van der Waals surface area contributed by atoms with Crippen LogP contribution < -0.4 is 14.8 Å². The van der Waals surface area contributed by atoms with Crippen molar-refractivity contribution >= 4 is 5.91 Å². The van der Waals surface area contributed by atoms with Crippen LogP contribution in [-0.4, -0.2) is 52.3 Å². The number of aromatic nitrogens is 4. The quantitative estimate of drug-likeness (QED) is 0.520. The van der Waals surface area contributed by atoms with Crippen molar-refractivity contribution in [2.45, 2.75) is 25.9 Å². The van der Waals surface area contributed by atoms with E-state index in [1.165, 1.54) is 25.4 Å². The third kappa shape index (κ3) is 7.13. The molecule has 1 N–H and O–H groups in total. The molecule has 33 heavy (non-hydrogen) atoms. The average Bonchev–Trinajstić information content (AvgIpc) is 2.79. The molecule has 3 aromatic rings. The summed E-state index contributed by atoms with van der Waals surface area (Å²) in [5.74, 6) is -0.350. The van der Waals surface area contributed by atoms with E-state index in [1.807, 2.05) is 19.1 Å². The first-order valence-corrected chi connectivity index (χ1v) is 10.0. The SMILES string of the molecule is COc1ncc(-c2ccc(C)nc2CCNC(=O)c2ccc(OCCC(F)(F)F)nc2)cn1. The third-order valence-corrected chi connectivity index (χ3v) is 4.52. The van der Waals surface area contributed by atoms with E-state index >= 15 is 0 Å². The van der Waals surface area contributed by atoms with Gasteiger partial charge in [0, 0.05) is 54.4 Å². The van der Waals surface area contributed by atoms with Gasteiger partial charge in [0.25, 0.3) is 5.91 Å². The van der Waals surface area contributed by atoms with E-state index in [2.05, 4.69) is 25.3 Å². The van der Waals surface area contributed by atoms with Crippen LogP contribution in [0.5, 0.6) is 11.9 Å². The van der Waals surface area contributed by atoms with Crippen LogP contribution in [0, 0.1) is 6.92 Å². The Balaban J connectivity index is 1.57. The molecule has 0 spiro atoms. The van der Waals surface area contributed by atoms with Crippen LogP contribution in [0.3, 0.4) is 0 Å². The Morgan fingerprint density at radius 2 is 1.82 bits per heavy atom. The Labute approximate surface area is 188 Å². The Hall–Kier alpha value is -3.76. The second kappa shape index (κ2) is 10.7. The number of aryl methyl sites for hydroxylation is 1. The van der Waals surface area contributed by atoms with Crippen LogP contribution in [0.4, 0.5) is 13.2 Å². The van der Waals surface area contributed by atoms with E-state index in [4.69, 9.17) is 9.47 Å². The minimum atomic E-state index is -4.30. The number of rotatable bonds is 9. The largest absolute Gasteiger partial charge is 0.477 e. The van der Waals surface area contributed by atoms with Crippen molar-refractivity contribution in [2.24, 2.45) is 0 Å². The fraction of sp³-hybridized carbons (Fsp3) is 0.318. The molecule has 3 rings (SSSR count). The number of nitrogens with zero attached hydrogens (tertiary/aromatic N) is 4. The number of amides is 1. The predicted molar refractivity (Wildman–Crippen MR) is 113 cm³/mol. The van der Waals surface area contributed by atoms with Gasteiger partial charge in [-0.2, -0.15) is 13.2 Å². The van der Waals surface area contributed by atoms with Crippen molar-refractivity contribution in [1.29, 1.82) is 0 Å². The molecule has 8 nitrogen and oxygen atoms in total. The summed E-state index contributed by atoms with van der Waals surface area (Å²) in [7, 11) is 1.49. The van der Waals surface area contributed by atoms with Crippen LogP contribution in [0.25, 0.3) is 11.1 Å². The number of methoxy groups -OCH3 is 1. The molecule has 1 amide bonds.